The largest absolute Gasteiger partial charge is 0.339 e. The monoisotopic (exact) mass is 404 g/mol. The zero-order valence-electron chi connectivity index (χ0n) is 15.9. The second kappa shape index (κ2) is 9.77. The normalized spacial score (nSPS) is 15.0. The Balaban J connectivity index is 1.38. The lowest BCUT2D eigenvalue weighted by Gasteiger charge is -2.35. The Labute approximate surface area is 168 Å². The fourth-order valence-corrected chi connectivity index (χ4v) is 3.92. The van der Waals surface area contributed by atoms with E-state index in [4.69, 9.17) is 0 Å². The van der Waals surface area contributed by atoms with Crippen LogP contribution in [-0.4, -0.2) is 72.8 Å². The zero-order valence-corrected chi connectivity index (χ0v) is 16.8. The molecule has 0 saturated carbocycles. The fourth-order valence-electron chi connectivity index (χ4n) is 3.18. The third kappa shape index (κ3) is 6.12. The lowest BCUT2D eigenvalue weighted by Crippen LogP contribution is -2.50. The van der Waals surface area contributed by atoms with Crippen molar-refractivity contribution in [1.82, 2.24) is 14.7 Å². The molecule has 0 bridgehead atoms. The topological polar surface area (TPSA) is 55.9 Å². The molecular formula is C20H25FN4O2S. The van der Waals surface area contributed by atoms with E-state index in [-0.39, 0.29) is 24.9 Å². The molecule has 1 saturated heterocycles. The van der Waals surface area contributed by atoms with Crippen LogP contribution < -0.4 is 5.32 Å². The summed E-state index contributed by atoms with van der Waals surface area (Å²) in [4.78, 5) is 31.8. The number of likely N-dealkylation sites (N-methyl/N-ethyl adjacent to an activating group) is 1. The molecule has 1 fully saturated rings. The molecular weight excluding hydrogens is 379 g/mol. The molecule has 8 heteroatoms. The Morgan fingerprint density at radius 2 is 1.93 bits per heavy atom. The van der Waals surface area contributed by atoms with Crippen LogP contribution in [0.4, 0.5) is 10.1 Å². The first-order valence-electron chi connectivity index (χ1n) is 9.26. The maximum Gasteiger partial charge on any atom is 0.238 e. The van der Waals surface area contributed by atoms with Crippen molar-refractivity contribution in [3.05, 3.63) is 52.5 Å². The van der Waals surface area contributed by atoms with Crippen molar-refractivity contribution in [3.63, 3.8) is 0 Å². The van der Waals surface area contributed by atoms with Crippen LogP contribution in [0, 0.1) is 5.82 Å². The number of hydrogen-bond acceptors (Lipinski definition) is 5. The second-order valence-electron chi connectivity index (χ2n) is 6.97. The number of carbonyl (C=O) groups excluding carboxylic acids is 2. The van der Waals surface area contributed by atoms with Gasteiger partial charge in [-0.25, -0.2) is 4.39 Å². The predicted octanol–water partition coefficient (Wildman–Crippen LogP) is 2.10. The maximum atomic E-state index is 13.2. The average molecular weight is 405 g/mol. The first-order valence-corrected chi connectivity index (χ1v) is 10.1. The van der Waals surface area contributed by atoms with Crippen molar-refractivity contribution >= 4 is 28.8 Å². The average Bonchev–Trinajstić information content (AvgIpc) is 3.15. The van der Waals surface area contributed by atoms with Gasteiger partial charge in [-0.15, -0.1) is 11.3 Å². The van der Waals surface area contributed by atoms with Gasteiger partial charge in [0.15, 0.2) is 0 Å². The quantitative estimate of drug-likeness (QED) is 0.768. The fraction of sp³-hybridized carbons (Fsp3) is 0.400. The standard InChI is InChI=1S/C20H25FN4O2S/c1-23(14-19(26)22-17-5-2-4-16(21)12-17)15-20(27)25-9-7-24(8-10-25)13-18-6-3-11-28-18/h2-6,11-12H,7-10,13-15H2,1H3,(H,22,26). The maximum absolute atomic E-state index is 13.2. The number of amides is 2. The van der Waals surface area contributed by atoms with Crippen molar-refractivity contribution in [2.75, 3.05) is 51.6 Å². The van der Waals surface area contributed by atoms with Gasteiger partial charge in [0.05, 0.1) is 13.1 Å². The minimum atomic E-state index is -0.403. The molecule has 1 aliphatic heterocycles. The van der Waals surface area contributed by atoms with Crippen LogP contribution in [0.3, 0.4) is 0 Å². The Hall–Kier alpha value is -2.29. The van der Waals surface area contributed by atoms with Gasteiger partial charge >= 0.3 is 0 Å². The van der Waals surface area contributed by atoms with E-state index in [0.29, 0.717) is 18.8 Å². The molecule has 150 valence electrons. The van der Waals surface area contributed by atoms with Crippen LogP contribution >= 0.6 is 11.3 Å². The Bertz CT molecular complexity index is 791. The number of hydrogen-bond donors (Lipinski definition) is 1. The Morgan fingerprint density at radius 3 is 2.61 bits per heavy atom. The van der Waals surface area contributed by atoms with Gasteiger partial charge in [-0.3, -0.25) is 19.4 Å². The number of anilines is 1. The lowest BCUT2D eigenvalue weighted by molar-refractivity contribution is -0.134. The highest BCUT2D eigenvalue weighted by atomic mass is 32.1. The van der Waals surface area contributed by atoms with Crippen molar-refractivity contribution in [2.24, 2.45) is 0 Å². The number of thiophene rings is 1. The van der Waals surface area contributed by atoms with Crippen LogP contribution in [-0.2, 0) is 16.1 Å². The van der Waals surface area contributed by atoms with E-state index in [1.165, 1.54) is 23.1 Å². The molecule has 2 aromatic rings. The lowest BCUT2D eigenvalue weighted by atomic mass is 10.3. The summed E-state index contributed by atoms with van der Waals surface area (Å²) in [5.41, 5.74) is 0.409. The molecule has 3 rings (SSSR count). The number of nitrogens with one attached hydrogen (secondary N) is 1. The summed E-state index contributed by atoms with van der Waals surface area (Å²) < 4.78 is 13.2. The summed E-state index contributed by atoms with van der Waals surface area (Å²) in [5.74, 6) is -0.655. The number of benzene rings is 1. The highest BCUT2D eigenvalue weighted by Gasteiger charge is 2.22. The van der Waals surface area contributed by atoms with E-state index in [2.05, 4.69) is 27.7 Å². The predicted molar refractivity (Wildman–Crippen MR) is 109 cm³/mol. The van der Waals surface area contributed by atoms with Gasteiger partial charge in [0.1, 0.15) is 5.82 Å². The zero-order chi connectivity index (χ0) is 19.9. The van der Waals surface area contributed by atoms with Gasteiger partial charge in [0.2, 0.25) is 11.8 Å². The summed E-state index contributed by atoms with van der Waals surface area (Å²) in [5, 5.41) is 4.72. The summed E-state index contributed by atoms with van der Waals surface area (Å²) >= 11 is 1.75. The molecule has 2 heterocycles. The number of nitrogens with zero attached hydrogens (tertiary/aromatic N) is 3. The van der Waals surface area contributed by atoms with Crippen LogP contribution in [0.1, 0.15) is 4.88 Å². The van der Waals surface area contributed by atoms with Crippen molar-refractivity contribution in [1.29, 1.82) is 0 Å². The first kappa shape index (κ1) is 20.4. The number of rotatable bonds is 7. The minimum Gasteiger partial charge on any atom is -0.339 e. The Morgan fingerprint density at radius 1 is 1.14 bits per heavy atom. The van der Waals surface area contributed by atoms with Gasteiger partial charge in [-0.2, -0.15) is 0 Å². The molecule has 1 aromatic heterocycles. The SMILES string of the molecule is CN(CC(=O)Nc1cccc(F)c1)CC(=O)N1CCN(Cc2cccs2)CC1. The summed E-state index contributed by atoms with van der Waals surface area (Å²) in [6, 6.07) is 9.93. The van der Waals surface area contributed by atoms with Gasteiger partial charge in [-0.05, 0) is 36.7 Å². The van der Waals surface area contributed by atoms with Gasteiger partial charge in [0, 0.05) is 43.3 Å². The van der Waals surface area contributed by atoms with Crippen LogP contribution in [0.5, 0.6) is 0 Å². The van der Waals surface area contributed by atoms with E-state index >= 15 is 0 Å². The minimum absolute atomic E-state index is 0.0248. The highest BCUT2D eigenvalue weighted by Crippen LogP contribution is 2.14. The van der Waals surface area contributed by atoms with E-state index < -0.39 is 5.82 Å². The molecule has 0 aliphatic carbocycles. The second-order valence-corrected chi connectivity index (χ2v) is 8.00. The van der Waals surface area contributed by atoms with Crippen LogP contribution in [0.15, 0.2) is 41.8 Å². The number of halogens is 1. The molecule has 0 atom stereocenters. The third-order valence-corrected chi connectivity index (χ3v) is 5.47. The van der Waals surface area contributed by atoms with Crippen LogP contribution in [0.25, 0.3) is 0 Å². The molecule has 2 amide bonds. The summed E-state index contributed by atoms with van der Waals surface area (Å²) in [6.45, 7) is 4.30. The number of carbonyl (C=O) groups is 2. The molecule has 28 heavy (non-hydrogen) atoms. The molecule has 6 nitrogen and oxygen atoms in total. The van der Waals surface area contributed by atoms with E-state index in [1.807, 2.05) is 4.90 Å². The molecule has 0 unspecified atom stereocenters. The van der Waals surface area contributed by atoms with E-state index in [0.717, 1.165) is 19.6 Å². The molecule has 1 N–H and O–H groups in total. The van der Waals surface area contributed by atoms with Gasteiger partial charge in [-0.1, -0.05) is 12.1 Å². The van der Waals surface area contributed by atoms with Gasteiger partial charge in [0.25, 0.3) is 0 Å². The van der Waals surface area contributed by atoms with E-state index in [1.54, 1.807) is 29.4 Å². The van der Waals surface area contributed by atoms with Crippen molar-refractivity contribution < 1.29 is 14.0 Å². The summed E-state index contributed by atoms with van der Waals surface area (Å²) in [7, 11) is 1.73. The van der Waals surface area contributed by atoms with Crippen LogP contribution in [0.2, 0.25) is 0 Å². The Kier molecular flexibility index (Phi) is 7.13. The molecule has 0 spiro atoms. The molecule has 0 radical (unpaired) electrons. The highest BCUT2D eigenvalue weighted by molar-refractivity contribution is 7.09. The third-order valence-electron chi connectivity index (χ3n) is 4.61. The van der Waals surface area contributed by atoms with Gasteiger partial charge < -0.3 is 10.2 Å². The van der Waals surface area contributed by atoms with E-state index in [9.17, 15) is 14.0 Å². The molecule has 1 aromatic carbocycles. The number of piperazine rings is 1. The van der Waals surface area contributed by atoms with Crippen molar-refractivity contribution in [2.45, 2.75) is 6.54 Å². The first-order chi connectivity index (χ1) is 13.5. The van der Waals surface area contributed by atoms with Crippen molar-refractivity contribution in [3.8, 4) is 0 Å². The molecule has 1 aliphatic rings. The summed E-state index contributed by atoms with van der Waals surface area (Å²) in [6.07, 6.45) is 0. The smallest absolute Gasteiger partial charge is 0.238 e.